The van der Waals surface area contributed by atoms with Gasteiger partial charge in [-0.2, -0.15) is 0 Å². The van der Waals surface area contributed by atoms with Gasteiger partial charge in [0.1, 0.15) is 0 Å². The molecule has 116 valence electrons. The summed E-state index contributed by atoms with van der Waals surface area (Å²) < 4.78 is 0. The molecule has 1 unspecified atom stereocenters. The first-order valence-corrected chi connectivity index (χ1v) is 8.41. The van der Waals surface area contributed by atoms with Crippen LogP contribution in [0.3, 0.4) is 0 Å². The average molecular weight is 281 g/mol. The Balaban J connectivity index is 1.77. The van der Waals surface area contributed by atoms with Gasteiger partial charge in [-0.05, 0) is 64.2 Å². The fourth-order valence-corrected chi connectivity index (χ4v) is 3.56. The molecule has 0 spiro atoms. The summed E-state index contributed by atoms with van der Waals surface area (Å²) >= 11 is 0. The van der Waals surface area contributed by atoms with Crippen LogP contribution in [0.2, 0.25) is 0 Å². The molecule has 1 atom stereocenters. The zero-order valence-corrected chi connectivity index (χ0v) is 13.2. The van der Waals surface area contributed by atoms with Gasteiger partial charge in [-0.25, -0.2) is 0 Å². The lowest BCUT2D eigenvalue weighted by atomic mass is 9.77. The third-order valence-electron chi connectivity index (χ3n) is 5.34. The molecule has 0 aromatic rings. The highest BCUT2D eigenvalue weighted by molar-refractivity contribution is 5.83. The van der Waals surface area contributed by atoms with Gasteiger partial charge in [0.05, 0.1) is 5.41 Å². The minimum atomic E-state index is -0.150. The van der Waals surface area contributed by atoms with Gasteiger partial charge in [0.2, 0.25) is 5.91 Å². The summed E-state index contributed by atoms with van der Waals surface area (Å²) in [5.41, 5.74) is -0.150. The predicted molar refractivity (Wildman–Crippen MR) is 82.7 cm³/mol. The van der Waals surface area contributed by atoms with E-state index in [-0.39, 0.29) is 11.3 Å². The van der Waals surface area contributed by atoms with Crippen LogP contribution in [0.25, 0.3) is 0 Å². The van der Waals surface area contributed by atoms with Crippen molar-refractivity contribution in [2.24, 2.45) is 11.3 Å². The molecule has 2 aliphatic heterocycles. The molecule has 2 fully saturated rings. The third kappa shape index (κ3) is 3.73. The van der Waals surface area contributed by atoms with Crippen molar-refractivity contribution in [1.29, 1.82) is 0 Å². The molecule has 0 radical (unpaired) electrons. The second kappa shape index (κ2) is 7.41. The monoisotopic (exact) mass is 281 g/mol. The van der Waals surface area contributed by atoms with Crippen LogP contribution in [-0.2, 0) is 4.79 Å². The Morgan fingerprint density at radius 3 is 2.65 bits per heavy atom. The van der Waals surface area contributed by atoms with E-state index in [0.29, 0.717) is 5.92 Å². The standard InChI is InChI=1S/C16H31N3O/c1-3-16(8-5-9-17-13-16)15(20)18-12-14-6-10-19(4-2)11-7-14/h14,17H,3-13H2,1-2H3,(H,18,20). The normalized spacial score (nSPS) is 29.3. The summed E-state index contributed by atoms with van der Waals surface area (Å²) in [5.74, 6) is 0.956. The molecule has 0 aromatic carbocycles. The fourth-order valence-electron chi connectivity index (χ4n) is 3.56. The van der Waals surface area contributed by atoms with E-state index in [1.54, 1.807) is 0 Å². The lowest BCUT2D eigenvalue weighted by Gasteiger charge is -2.36. The number of hydrogen-bond donors (Lipinski definition) is 2. The molecular weight excluding hydrogens is 250 g/mol. The Morgan fingerprint density at radius 2 is 2.10 bits per heavy atom. The Hall–Kier alpha value is -0.610. The molecule has 0 aromatic heterocycles. The zero-order valence-electron chi connectivity index (χ0n) is 13.2. The number of piperidine rings is 2. The van der Waals surface area contributed by atoms with Gasteiger partial charge in [0, 0.05) is 13.1 Å². The summed E-state index contributed by atoms with van der Waals surface area (Å²) in [6.45, 7) is 10.7. The van der Waals surface area contributed by atoms with Crippen LogP contribution < -0.4 is 10.6 Å². The first-order chi connectivity index (χ1) is 9.70. The Labute approximate surface area is 123 Å². The van der Waals surface area contributed by atoms with Crippen molar-refractivity contribution in [3.63, 3.8) is 0 Å². The van der Waals surface area contributed by atoms with Crippen molar-refractivity contribution in [3.8, 4) is 0 Å². The van der Waals surface area contributed by atoms with Crippen molar-refractivity contribution in [3.05, 3.63) is 0 Å². The largest absolute Gasteiger partial charge is 0.355 e. The molecular formula is C16H31N3O. The van der Waals surface area contributed by atoms with Gasteiger partial charge in [-0.15, -0.1) is 0 Å². The second-order valence-corrected chi connectivity index (χ2v) is 6.50. The minimum absolute atomic E-state index is 0.150. The van der Waals surface area contributed by atoms with Crippen molar-refractivity contribution in [2.45, 2.75) is 46.0 Å². The van der Waals surface area contributed by atoms with Crippen molar-refractivity contribution in [2.75, 3.05) is 39.3 Å². The number of nitrogens with one attached hydrogen (secondary N) is 2. The van der Waals surface area contributed by atoms with Crippen LogP contribution in [0, 0.1) is 11.3 Å². The van der Waals surface area contributed by atoms with E-state index >= 15 is 0 Å². The zero-order chi connectivity index (χ0) is 14.4. The van der Waals surface area contributed by atoms with Gasteiger partial charge in [-0.1, -0.05) is 13.8 Å². The van der Waals surface area contributed by atoms with Gasteiger partial charge < -0.3 is 15.5 Å². The smallest absolute Gasteiger partial charge is 0.227 e. The van der Waals surface area contributed by atoms with E-state index < -0.39 is 0 Å². The maximum absolute atomic E-state index is 12.6. The van der Waals surface area contributed by atoms with Crippen LogP contribution in [0.4, 0.5) is 0 Å². The van der Waals surface area contributed by atoms with E-state index in [9.17, 15) is 4.79 Å². The summed E-state index contributed by atoms with van der Waals surface area (Å²) in [6.07, 6.45) is 5.56. The maximum atomic E-state index is 12.6. The molecule has 2 rings (SSSR count). The molecule has 4 nitrogen and oxygen atoms in total. The van der Waals surface area contributed by atoms with Crippen molar-refractivity contribution in [1.82, 2.24) is 15.5 Å². The highest BCUT2D eigenvalue weighted by Crippen LogP contribution is 2.30. The van der Waals surface area contributed by atoms with E-state index in [4.69, 9.17) is 0 Å². The molecule has 2 N–H and O–H groups in total. The molecule has 2 saturated heterocycles. The van der Waals surface area contributed by atoms with Crippen LogP contribution in [-0.4, -0.2) is 50.1 Å². The summed E-state index contributed by atoms with van der Waals surface area (Å²) in [6, 6.07) is 0. The Kier molecular flexibility index (Phi) is 5.85. The van der Waals surface area contributed by atoms with Gasteiger partial charge in [-0.3, -0.25) is 4.79 Å². The Morgan fingerprint density at radius 1 is 1.35 bits per heavy atom. The molecule has 2 heterocycles. The van der Waals surface area contributed by atoms with Crippen LogP contribution >= 0.6 is 0 Å². The summed E-state index contributed by atoms with van der Waals surface area (Å²) in [4.78, 5) is 15.0. The molecule has 4 heteroatoms. The predicted octanol–water partition coefficient (Wildman–Crippen LogP) is 1.61. The number of likely N-dealkylation sites (tertiary alicyclic amines) is 1. The van der Waals surface area contributed by atoms with Crippen molar-refractivity contribution >= 4 is 5.91 Å². The number of nitrogens with zero attached hydrogens (tertiary/aromatic N) is 1. The van der Waals surface area contributed by atoms with Crippen LogP contribution in [0.5, 0.6) is 0 Å². The highest BCUT2D eigenvalue weighted by atomic mass is 16.2. The van der Waals surface area contributed by atoms with Gasteiger partial charge in [0.25, 0.3) is 0 Å². The molecule has 1 amide bonds. The van der Waals surface area contributed by atoms with Gasteiger partial charge in [0.15, 0.2) is 0 Å². The average Bonchev–Trinajstić information content (AvgIpc) is 2.53. The van der Waals surface area contributed by atoms with E-state index in [2.05, 4.69) is 29.4 Å². The first-order valence-electron chi connectivity index (χ1n) is 8.41. The fraction of sp³-hybridized carbons (Fsp3) is 0.938. The quantitative estimate of drug-likeness (QED) is 0.805. The lowest BCUT2D eigenvalue weighted by molar-refractivity contribution is -0.132. The summed E-state index contributed by atoms with van der Waals surface area (Å²) in [5, 5.41) is 6.64. The highest BCUT2D eigenvalue weighted by Gasteiger charge is 2.37. The third-order valence-corrected chi connectivity index (χ3v) is 5.34. The number of carbonyl (C=O) groups is 1. The van der Waals surface area contributed by atoms with E-state index in [0.717, 1.165) is 45.4 Å². The van der Waals surface area contributed by atoms with E-state index in [1.165, 1.54) is 25.9 Å². The molecule has 0 saturated carbocycles. The number of rotatable bonds is 5. The molecule has 20 heavy (non-hydrogen) atoms. The number of amides is 1. The molecule has 0 aliphatic carbocycles. The molecule has 2 aliphatic rings. The number of carbonyl (C=O) groups excluding carboxylic acids is 1. The molecule has 0 bridgehead atoms. The Bertz CT molecular complexity index is 305. The van der Waals surface area contributed by atoms with Crippen LogP contribution in [0.15, 0.2) is 0 Å². The van der Waals surface area contributed by atoms with E-state index in [1.807, 2.05) is 0 Å². The topological polar surface area (TPSA) is 44.4 Å². The lowest BCUT2D eigenvalue weighted by Crippen LogP contribution is -2.51. The van der Waals surface area contributed by atoms with Crippen LogP contribution in [0.1, 0.15) is 46.0 Å². The second-order valence-electron chi connectivity index (χ2n) is 6.50. The first kappa shape index (κ1) is 15.8. The van der Waals surface area contributed by atoms with Gasteiger partial charge >= 0.3 is 0 Å². The minimum Gasteiger partial charge on any atom is -0.355 e. The SMILES string of the molecule is CCN1CCC(CNC(=O)C2(CC)CCCNC2)CC1. The van der Waals surface area contributed by atoms with Crippen molar-refractivity contribution < 1.29 is 4.79 Å². The number of hydrogen-bond acceptors (Lipinski definition) is 3. The summed E-state index contributed by atoms with van der Waals surface area (Å²) in [7, 11) is 0. The maximum Gasteiger partial charge on any atom is 0.227 e.